The fourth-order valence-corrected chi connectivity index (χ4v) is 4.83. The average Bonchev–Trinajstić information content (AvgIpc) is 3.48. The standard InChI is InChI=1S/C21H32N6O/c1-2-27-19(15-25-14-11-22-16-25)23-24-21(27)18-9-12-26(13-10-18)20(28)8-7-17-5-3-4-6-17/h11,14,16-18H,2-10,12-13,15H2,1H3. The minimum Gasteiger partial charge on any atom is -0.343 e. The Labute approximate surface area is 167 Å². The van der Waals surface area contributed by atoms with Gasteiger partial charge in [0.15, 0.2) is 5.82 Å². The highest BCUT2D eigenvalue weighted by molar-refractivity contribution is 5.76. The molecule has 0 spiro atoms. The molecule has 0 radical (unpaired) electrons. The molecule has 28 heavy (non-hydrogen) atoms. The van der Waals surface area contributed by atoms with Gasteiger partial charge in [-0.3, -0.25) is 4.79 Å². The van der Waals surface area contributed by atoms with Gasteiger partial charge in [-0.2, -0.15) is 0 Å². The van der Waals surface area contributed by atoms with E-state index in [1.807, 2.05) is 17.1 Å². The minimum absolute atomic E-state index is 0.350. The van der Waals surface area contributed by atoms with E-state index < -0.39 is 0 Å². The summed E-state index contributed by atoms with van der Waals surface area (Å²) in [5.74, 6) is 3.59. The van der Waals surface area contributed by atoms with Crippen molar-refractivity contribution in [2.45, 2.75) is 77.3 Å². The lowest BCUT2D eigenvalue weighted by molar-refractivity contribution is -0.132. The zero-order chi connectivity index (χ0) is 19.3. The zero-order valence-electron chi connectivity index (χ0n) is 17.0. The summed E-state index contributed by atoms with van der Waals surface area (Å²) in [6, 6.07) is 0. The number of nitrogens with zero attached hydrogens (tertiary/aromatic N) is 6. The number of imidazole rings is 1. The van der Waals surface area contributed by atoms with Crippen LogP contribution in [-0.2, 0) is 17.9 Å². The first-order valence-electron chi connectivity index (χ1n) is 10.9. The molecule has 2 fully saturated rings. The van der Waals surface area contributed by atoms with E-state index in [0.717, 1.165) is 62.9 Å². The Morgan fingerprint density at radius 2 is 1.93 bits per heavy atom. The number of carbonyl (C=O) groups excluding carboxylic acids is 1. The van der Waals surface area contributed by atoms with Crippen LogP contribution in [0.15, 0.2) is 18.7 Å². The molecule has 0 aromatic carbocycles. The summed E-state index contributed by atoms with van der Waals surface area (Å²) in [7, 11) is 0. The molecule has 0 bridgehead atoms. The third-order valence-corrected chi connectivity index (χ3v) is 6.51. The van der Waals surface area contributed by atoms with Crippen molar-refractivity contribution in [3.8, 4) is 0 Å². The molecule has 7 heteroatoms. The molecule has 1 amide bonds. The van der Waals surface area contributed by atoms with Gasteiger partial charge in [-0.15, -0.1) is 10.2 Å². The monoisotopic (exact) mass is 384 g/mol. The van der Waals surface area contributed by atoms with Crippen LogP contribution in [0.4, 0.5) is 0 Å². The quantitative estimate of drug-likeness (QED) is 0.735. The molecular formula is C21H32N6O. The summed E-state index contributed by atoms with van der Waals surface area (Å²) >= 11 is 0. The Balaban J connectivity index is 1.32. The number of carbonyl (C=O) groups is 1. The van der Waals surface area contributed by atoms with Crippen molar-refractivity contribution >= 4 is 5.91 Å². The number of rotatable bonds is 7. The van der Waals surface area contributed by atoms with Gasteiger partial charge < -0.3 is 14.0 Å². The highest BCUT2D eigenvalue weighted by atomic mass is 16.2. The number of hydrogen-bond acceptors (Lipinski definition) is 4. The first-order valence-corrected chi connectivity index (χ1v) is 10.9. The van der Waals surface area contributed by atoms with Crippen LogP contribution in [-0.4, -0.2) is 48.2 Å². The lowest BCUT2D eigenvalue weighted by Crippen LogP contribution is -2.38. The van der Waals surface area contributed by atoms with Gasteiger partial charge in [0.2, 0.25) is 5.91 Å². The molecule has 0 N–H and O–H groups in total. The van der Waals surface area contributed by atoms with Gasteiger partial charge in [0.05, 0.1) is 12.9 Å². The van der Waals surface area contributed by atoms with Gasteiger partial charge in [0.25, 0.3) is 0 Å². The van der Waals surface area contributed by atoms with Crippen LogP contribution < -0.4 is 0 Å². The van der Waals surface area contributed by atoms with Crippen LogP contribution in [0, 0.1) is 5.92 Å². The fraction of sp³-hybridized carbons (Fsp3) is 0.714. The molecule has 0 atom stereocenters. The highest BCUT2D eigenvalue weighted by Gasteiger charge is 2.28. The van der Waals surface area contributed by atoms with E-state index in [1.165, 1.54) is 25.7 Å². The molecule has 7 nitrogen and oxygen atoms in total. The molecule has 4 rings (SSSR count). The maximum Gasteiger partial charge on any atom is 0.222 e. The first kappa shape index (κ1) is 19.2. The fourth-order valence-electron chi connectivity index (χ4n) is 4.83. The Bertz CT molecular complexity index is 754. The summed E-state index contributed by atoms with van der Waals surface area (Å²) in [5.41, 5.74) is 0. The zero-order valence-corrected chi connectivity index (χ0v) is 17.0. The normalized spacial score (nSPS) is 18.8. The lowest BCUT2D eigenvalue weighted by Gasteiger charge is -2.32. The van der Waals surface area contributed by atoms with E-state index >= 15 is 0 Å². The molecule has 152 valence electrons. The Hall–Kier alpha value is -2.18. The predicted molar refractivity (Wildman–Crippen MR) is 107 cm³/mol. The van der Waals surface area contributed by atoms with Crippen LogP contribution in [0.25, 0.3) is 0 Å². The second-order valence-electron chi connectivity index (χ2n) is 8.30. The summed E-state index contributed by atoms with van der Waals surface area (Å²) in [5, 5.41) is 8.97. The Kier molecular flexibility index (Phi) is 6.07. The smallest absolute Gasteiger partial charge is 0.222 e. The SMILES string of the molecule is CCn1c(Cn2ccnc2)nnc1C1CCN(C(=O)CCC2CCCC2)CC1. The van der Waals surface area contributed by atoms with E-state index in [0.29, 0.717) is 18.4 Å². The number of piperidine rings is 1. The van der Waals surface area contributed by atoms with E-state index in [9.17, 15) is 4.79 Å². The van der Waals surface area contributed by atoms with Crippen molar-refractivity contribution in [3.63, 3.8) is 0 Å². The highest BCUT2D eigenvalue weighted by Crippen LogP contribution is 2.30. The Morgan fingerprint density at radius 1 is 1.14 bits per heavy atom. The summed E-state index contributed by atoms with van der Waals surface area (Å²) in [4.78, 5) is 18.8. The Morgan fingerprint density at radius 3 is 2.61 bits per heavy atom. The van der Waals surface area contributed by atoms with Crippen molar-refractivity contribution < 1.29 is 4.79 Å². The maximum atomic E-state index is 12.6. The molecule has 3 heterocycles. The van der Waals surface area contributed by atoms with Crippen molar-refractivity contribution in [2.24, 2.45) is 5.92 Å². The lowest BCUT2D eigenvalue weighted by atomic mass is 9.95. The third-order valence-electron chi connectivity index (χ3n) is 6.51. The number of hydrogen-bond donors (Lipinski definition) is 0. The van der Waals surface area contributed by atoms with Gasteiger partial charge in [-0.25, -0.2) is 4.98 Å². The predicted octanol–water partition coefficient (Wildman–Crippen LogP) is 3.22. The molecular weight excluding hydrogens is 352 g/mol. The maximum absolute atomic E-state index is 12.6. The molecule has 1 saturated heterocycles. The van der Waals surface area contributed by atoms with Gasteiger partial charge in [-0.1, -0.05) is 25.7 Å². The summed E-state index contributed by atoms with van der Waals surface area (Å²) in [6.45, 7) is 5.40. The molecule has 2 aromatic heterocycles. The topological polar surface area (TPSA) is 68.8 Å². The number of likely N-dealkylation sites (tertiary alicyclic amines) is 1. The largest absolute Gasteiger partial charge is 0.343 e. The summed E-state index contributed by atoms with van der Waals surface area (Å²) in [6.07, 6.45) is 14.7. The van der Waals surface area contributed by atoms with Gasteiger partial charge >= 0.3 is 0 Å². The molecule has 1 aliphatic carbocycles. The van der Waals surface area contributed by atoms with E-state index in [4.69, 9.17) is 0 Å². The van der Waals surface area contributed by atoms with E-state index in [1.54, 1.807) is 6.20 Å². The van der Waals surface area contributed by atoms with Gasteiger partial charge in [0, 0.05) is 44.4 Å². The van der Waals surface area contributed by atoms with E-state index in [-0.39, 0.29) is 0 Å². The molecule has 2 aromatic rings. The number of amides is 1. The van der Waals surface area contributed by atoms with Crippen LogP contribution in [0.3, 0.4) is 0 Å². The second kappa shape index (κ2) is 8.88. The van der Waals surface area contributed by atoms with Gasteiger partial charge in [0.1, 0.15) is 5.82 Å². The second-order valence-corrected chi connectivity index (χ2v) is 8.30. The molecule has 2 aliphatic rings. The van der Waals surface area contributed by atoms with Crippen LogP contribution in [0.5, 0.6) is 0 Å². The van der Waals surface area contributed by atoms with Crippen LogP contribution >= 0.6 is 0 Å². The molecule has 1 aliphatic heterocycles. The van der Waals surface area contributed by atoms with E-state index in [2.05, 4.69) is 31.6 Å². The summed E-state index contributed by atoms with van der Waals surface area (Å²) < 4.78 is 4.26. The van der Waals surface area contributed by atoms with Crippen molar-refractivity contribution in [2.75, 3.05) is 13.1 Å². The molecule has 1 saturated carbocycles. The van der Waals surface area contributed by atoms with Crippen molar-refractivity contribution in [3.05, 3.63) is 30.4 Å². The first-order chi connectivity index (χ1) is 13.7. The van der Waals surface area contributed by atoms with Crippen molar-refractivity contribution in [1.29, 1.82) is 0 Å². The van der Waals surface area contributed by atoms with Crippen LogP contribution in [0.1, 0.15) is 75.9 Å². The van der Waals surface area contributed by atoms with Gasteiger partial charge in [-0.05, 0) is 32.1 Å². The number of aromatic nitrogens is 5. The third kappa shape index (κ3) is 4.28. The average molecular weight is 385 g/mol. The minimum atomic E-state index is 0.350. The van der Waals surface area contributed by atoms with Crippen molar-refractivity contribution in [1.82, 2.24) is 29.2 Å². The molecule has 0 unspecified atom stereocenters. The van der Waals surface area contributed by atoms with Crippen LogP contribution in [0.2, 0.25) is 0 Å².